The van der Waals surface area contributed by atoms with Gasteiger partial charge in [-0.15, -0.1) is 0 Å². The van der Waals surface area contributed by atoms with Crippen molar-refractivity contribution in [1.82, 2.24) is 20.2 Å². The van der Waals surface area contributed by atoms with Crippen LogP contribution in [-0.4, -0.2) is 40.3 Å². The van der Waals surface area contributed by atoms with Crippen LogP contribution in [0.1, 0.15) is 16.7 Å². The Morgan fingerprint density at radius 1 is 1.31 bits per heavy atom. The molecule has 29 heavy (non-hydrogen) atoms. The molecule has 0 spiro atoms. The van der Waals surface area contributed by atoms with E-state index in [1.54, 1.807) is 26.3 Å². The van der Waals surface area contributed by atoms with Crippen LogP contribution >= 0.6 is 0 Å². The standard InChI is InChI=1S/C20H22N6O3/c1-13-10-14(16(21)11-19(22-2)28-3)8-9-18(13)29-12-15-6-4-5-7-17(15)26-20(27)23-24-25-26/h4-11H,12,21H2,1-3H3,(H,23,25,27). The minimum atomic E-state index is -0.411. The van der Waals surface area contributed by atoms with Crippen molar-refractivity contribution >= 4 is 11.6 Å². The van der Waals surface area contributed by atoms with Crippen molar-refractivity contribution in [1.29, 1.82) is 0 Å². The molecule has 1 heterocycles. The molecule has 150 valence electrons. The van der Waals surface area contributed by atoms with E-state index < -0.39 is 5.69 Å². The number of tetrazole rings is 1. The zero-order chi connectivity index (χ0) is 20.8. The molecule has 0 saturated carbocycles. The van der Waals surface area contributed by atoms with Gasteiger partial charge in [0.25, 0.3) is 0 Å². The van der Waals surface area contributed by atoms with Crippen LogP contribution in [0.15, 0.2) is 58.3 Å². The third-order valence-corrected chi connectivity index (χ3v) is 4.29. The van der Waals surface area contributed by atoms with Crippen molar-refractivity contribution in [2.24, 2.45) is 10.7 Å². The Bertz CT molecular complexity index is 1110. The number of aromatic nitrogens is 4. The number of H-pyrrole nitrogens is 1. The smallest absolute Gasteiger partial charge is 0.365 e. The van der Waals surface area contributed by atoms with E-state index in [0.29, 0.717) is 23.0 Å². The minimum absolute atomic E-state index is 0.261. The van der Waals surface area contributed by atoms with E-state index in [1.165, 1.54) is 4.68 Å². The van der Waals surface area contributed by atoms with Crippen molar-refractivity contribution in [3.63, 3.8) is 0 Å². The van der Waals surface area contributed by atoms with E-state index in [0.717, 1.165) is 16.7 Å². The van der Waals surface area contributed by atoms with Gasteiger partial charge in [0, 0.05) is 24.4 Å². The topological polar surface area (TPSA) is 120 Å². The van der Waals surface area contributed by atoms with E-state index in [4.69, 9.17) is 15.2 Å². The summed E-state index contributed by atoms with van der Waals surface area (Å²) in [4.78, 5) is 15.8. The van der Waals surface area contributed by atoms with E-state index in [2.05, 4.69) is 20.5 Å². The molecule has 3 N–H and O–H groups in total. The summed E-state index contributed by atoms with van der Waals surface area (Å²) >= 11 is 0. The summed E-state index contributed by atoms with van der Waals surface area (Å²) in [6.45, 7) is 2.20. The van der Waals surface area contributed by atoms with Crippen molar-refractivity contribution in [2.45, 2.75) is 13.5 Å². The van der Waals surface area contributed by atoms with Crippen LogP contribution in [0.25, 0.3) is 11.4 Å². The molecule has 1 aromatic heterocycles. The molecule has 3 aromatic rings. The van der Waals surface area contributed by atoms with E-state index in [1.807, 2.05) is 43.3 Å². The van der Waals surface area contributed by atoms with Gasteiger partial charge in [-0.25, -0.2) is 9.89 Å². The number of nitrogens with zero attached hydrogens (tertiary/aromatic N) is 4. The van der Waals surface area contributed by atoms with Crippen LogP contribution < -0.4 is 16.2 Å². The molecule has 0 atom stereocenters. The lowest BCUT2D eigenvalue weighted by Crippen LogP contribution is -2.18. The van der Waals surface area contributed by atoms with E-state index >= 15 is 0 Å². The Balaban J connectivity index is 1.80. The number of methoxy groups -OCH3 is 1. The Hall–Kier alpha value is -3.88. The Kier molecular flexibility index (Phi) is 6.08. The summed E-state index contributed by atoms with van der Waals surface area (Å²) in [7, 11) is 3.18. The fourth-order valence-corrected chi connectivity index (χ4v) is 2.77. The van der Waals surface area contributed by atoms with Gasteiger partial charge in [-0.1, -0.05) is 18.2 Å². The van der Waals surface area contributed by atoms with Crippen molar-refractivity contribution in [3.05, 3.63) is 75.7 Å². The van der Waals surface area contributed by atoms with Gasteiger partial charge in [-0.05, 0) is 52.7 Å². The van der Waals surface area contributed by atoms with Gasteiger partial charge in [0.15, 0.2) is 0 Å². The maximum absolute atomic E-state index is 11.8. The van der Waals surface area contributed by atoms with E-state index in [-0.39, 0.29) is 6.61 Å². The number of rotatable bonds is 6. The number of aryl methyl sites for hydroxylation is 1. The Morgan fingerprint density at radius 3 is 2.76 bits per heavy atom. The lowest BCUT2D eigenvalue weighted by atomic mass is 10.1. The molecule has 0 bridgehead atoms. The zero-order valence-electron chi connectivity index (χ0n) is 16.4. The number of hydrogen-bond donors (Lipinski definition) is 2. The summed E-state index contributed by atoms with van der Waals surface area (Å²) in [6, 6.07) is 13.0. The Morgan fingerprint density at radius 2 is 2.10 bits per heavy atom. The number of hydrogen-bond acceptors (Lipinski definition) is 7. The summed E-state index contributed by atoms with van der Waals surface area (Å²) < 4.78 is 12.3. The predicted molar refractivity (Wildman–Crippen MR) is 110 cm³/mol. The van der Waals surface area contributed by atoms with Crippen LogP contribution in [0.2, 0.25) is 0 Å². The molecule has 2 aromatic carbocycles. The summed E-state index contributed by atoms with van der Waals surface area (Å²) in [5.74, 6) is 1.15. The lowest BCUT2D eigenvalue weighted by molar-refractivity contribution is 0.303. The second-order valence-corrected chi connectivity index (χ2v) is 6.18. The molecular weight excluding hydrogens is 372 g/mol. The third-order valence-electron chi connectivity index (χ3n) is 4.29. The molecule has 0 aliphatic carbocycles. The van der Waals surface area contributed by atoms with Gasteiger partial charge >= 0.3 is 5.69 Å². The van der Waals surface area contributed by atoms with Crippen molar-refractivity contribution < 1.29 is 9.47 Å². The number of nitrogens with one attached hydrogen (secondary N) is 1. The molecule has 0 aliphatic rings. The highest BCUT2D eigenvalue weighted by atomic mass is 16.5. The average Bonchev–Trinajstić information content (AvgIpc) is 3.16. The largest absolute Gasteiger partial charge is 0.489 e. The fourth-order valence-electron chi connectivity index (χ4n) is 2.77. The normalized spacial score (nSPS) is 12.1. The Labute approximate surface area is 167 Å². The van der Waals surface area contributed by atoms with Gasteiger partial charge < -0.3 is 15.2 Å². The zero-order valence-corrected chi connectivity index (χ0v) is 16.4. The lowest BCUT2D eigenvalue weighted by Gasteiger charge is -2.13. The molecule has 0 unspecified atom stereocenters. The first-order valence-corrected chi connectivity index (χ1v) is 8.84. The number of benzene rings is 2. The molecule has 3 rings (SSSR count). The van der Waals surface area contributed by atoms with E-state index in [9.17, 15) is 4.79 Å². The van der Waals surface area contributed by atoms with Crippen molar-refractivity contribution in [3.8, 4) is 11.4 Å². The maximum atomic E-state index is 11.8. The second-order valence-electron chi connectivity index (χ2n) is 6.18. The second kappa shape index (κ2) is 8.87. The summed E-state index contributed by atoms with van der Waals surface area (Å²) in [6.07, 6.45) is 1.67. The van der Waals surface area contributed by atoms with Gasteiger partial charge in [0.2, 0.25) is 5.90 Å². The predicted octanol–water partition coefficient (Wildman–Crippen LogP) is 1.82. The number of aliphatic imine (C=N–C) groups is 1. The SMILES string of the molecule is CN=C(C=C(N)c1ccc(OCc2ccccc2-n2nn[nH]c2=O)c(C)c1)OC. The highest BCUT2D eigenvalue weighted by molar-refractivity contribution is 5.94. The van der Waals surface area contributed by atoms with Crippen LogP contribution in [0.5, 0.6) is 5.75 Å². The molecule has 0 radical (unpaired) electrons. The van der Waals surface area contributed by atoms with Crippen LogP contribution in [0, 0.1) is 6.92 Å². The molecule has 0 fully saturated rings. The molecule has 9 heteroatoms. The van der Waals surface area contributed by atoms with Gasteiger partial charge in [-0.3, -0.25) is 4.99 Å². The minimum Gasteiger partial charge on any atom is -0.489 e. The van der Waals surface area contributed by atoms with Crippen molar-refractivity contribution in [2.75, 3.05) is 14.2 Å². The van der Waals surface area contributed by atoms with Crippen LogP contribution in [-0.2, 0) is 11.3 Å². The highest BCUT2D eigenvalue weighted by Gasteiger charge is 2.10. The summed E-state index contributed by atoms with van der Waals surface area (Å²) in [5.41, 5.74) is 9.42. The van der Waals surface area contributed by atoms with Crippen LogP contribution in [0.4, 0.5) is 0 Å². The fraction of sp³-hybridized carbons (Fsp3) is 0.200. The third kappa shape index (κ3) is 4.52. The molecule has 0 saturated heterocycles. The molecule has 0 amide bonds. The maximum Gasteiger partial charge on any atom is 0.365 e. The van der Waals surface area contributed by atoms with Crippen LogP contribution in [0.3, 0.4) is 0 Å². The van der Waals surface area contributed by atoms with Gasteiger partial charge in [0.1, 0.15) is 12.4 Å². The first-order valence-electron chi connectivity index (χ1n) is 8.84. The van der Waals surface area contributed by atoms with Gasteiger partial charge in [-0.2, -0.15) is 4.68 Å². The molecule has 0 aliphatic heterocycles. The van der Waals surface area contributed by atoms with Gasteiger partial charge in [0.05, 0.1) is 12.8 Å². The molecule has 9 nitrogen and oxygen atoms in total. The monoisotopic (exact) mass is 394 g/mol. The average molecular weight is 394 g/mol. The quantitative estimate of drug-likeness (QED) is 0.486. The first-order chi connectivity index (χ1) is 14.0. The molecular formula is C20H22N6O3. The number of aromatic amines is 1. The number of nitrogens with two attached hydrogens (primary N) is 1. The summed E-state index contributed by atoms with van der Waals surface area (Å²) in [5, 5.41) is 9.61. The number of ether oxygens (including phenoxy) is 2. The first kappa shape index (κ1) is 19.9. The highest BCUT2D eigenvalue weighted by Crippen LogP contribution is 2.23. The number of para-hydroxylation sites is 1.